The van der Waals surface area contributed by atoms with Crippen LogP contribution < -0.4 is 5.32 Å². The van der Waals surface area contributed by atoms with Crippen molar-refractivity contribution in [2.75, 3.05) is 19.5 Å². The van der Waals surface area contributed by atoms with Gasteiger partial charge in [-0.25, -0.2) is 8.42 Å². The number of nitrogens with one attached hydrogen (secondary N) is 1. The first-order valence-corrected chi connectivity index (χ1v) is 9.15. The maximum atomic E-state index is 12.2. The third-order valence-corrected chi connectivity index (χ3v) is 4.29. The quantitative estimate of drug-likeness (QED) is 0.915. The molecule has 1 saturated heterocycles. The Labute approximate surface area is 125 Å². The third kappa shape index (κ3) is 5.47. The lowest BCUT2D eigenvalue weighted by Crippen LogP contribution is -2.34. The van der Waals surface area contributed by atoms with Gasteiger partial charge in [0.2, 0.25) is 0 Å². The largest absolute Gasteiger partial charge is 0.381 e. The summed E-state index contributed by atoms with van der Waals surface area (Å²) in [7, 11) is -3.05. The van der Waals surface area contributed by atoms with Crippen molar-refractivity contribution in [3.05, 3.63) is 35.4 Å². The Morgan fingerprint density at radius 2 is 1.95 bits per heavy atom. The topological polar surface area (TPSA) is 72.5 Å². The van der Waals surface area contributed by atoms with Gasteiger partial charge in [0.25, 0.3) is 5.91 Å². The number of benzene rings is 1. The van der Waals surface area contributed by atoms with Crippen LogP contribution in [-0.4, -0.2) is 39.8 Å². The van der Waals surface area contributed by atoms with Crippen LogP contribution in [-0.2, 0) is 20.3 Å². The van der Waals surface area contributed by atoms with Crippen LogP contribution >= 0.6 is 0 Å². The SMILES string of the molecule is CS(=O)(=O)Cc1ccc(C(=O)NC2CCCOCC2)cc1. The van der Waals surface area contributed by atoms with Gasteiger partial charge < -0.3 is 10.1 Å². The molecule has 0 aromatic heterocycles. The first kappa shape index (κ1) is 16.0. The third-order valence-electron chi connectivity index (χ3n) is 3.43. The Hall–Kier alpha value is -1.40. The molecule has 1 aromatic carbocycles. The summed E-state index contributed by atoms with van der Waals surface area (Å²) < 4.78 is 27.8. The van der Waals surface area contributed by atoms with Crippen molar-refractivity contribution in [1.82, 2.24) is 5.32 Å². The lowest BCUT2D eigenvalue weighted by atomic mass is 10.1. The molecule has 116 valence electrons. The molecular weight excluding hydrogens is 290 g/mol. The van der Waals surface area contributed by atoms with Crippen LogP contribution in [0.15, 0.2) is 24.3 Å². The number of carbonyl (C=O) groups excluding carboxylic acids is 1. The molecule has 1 N–H and O–H groups in total. The first-order chi connectivity index (χ1) is 9.94. The van der Waals surface area contributed by atoms with Gasteiger partial charge in [0, 0.05) is 31.1 Å². The fraction of sp³-hybridized carbons (Fsp3) is 0.533. The molecule has 1 atom stereocenters. The molecule has 1 fully saturated rings. The minimum atomic E-state index is -3.05. The zero-order chi connectivity index (χ0) is 15.3. The monoisotopic (exact) mass is 311 g/mol. The van der Waals surface area contributed by atoms with Crippen LogP contribution in [0.5, 0.6) is 0 Å². The fourth-order valence-electron chi connectivity index (χ4n) is 2.37. The summed E-state index contributed by atoms with van der Waals surface area (Å²) in [6.07, 6.45) is 3.91. The molecule has 0 bridgehead atoms. The van der Waals surface area contributed by atoms with E-state index in [1.165, 1.54) is 6.26 Å². The van der Waals surface area contributed by atoms with Gasteiger partial charge in [-0.15, -0.1) is 0 Å². The standard InChI is InChI=1S/C15H21NO4S/c1-21(18,19)11-12-4-6-13(7-5-12)15(17)16-14-3-2-9-20-10-8-14/h4-7,14H,2-3,8-11H2,1H3,(H,16,17). The fourth-order valence-corrected chi connectivity index (χ4v) is 3.17. The van der Waals surface area contributed by atoms with Gasteiger partial charge in [0.05, 0.1) is 5.75 Å². The first-order valence-electron chi connectivity index (χ1n) is 7.09. The molecule has 0 saturated carbocycles. The maximum absolute atomic E-state index is 12.2. The van der Waals surface area contributed by atoms with E-state index in [1.54, 1.807) is 24.3 Å². The van der Waals surface area contributed by atoms with E-state index < -0.39 is 9.84 Å². The molecule has 0 radical (unpaired) electrons. The summed E-state index contributed by atoms with van der Waals surface area (Å²) in [6, 6.07) is 6.86. The molecular formula is C15H21NO4S. The highest BCUT2D eigenvalue weighted by molar-refractivity contribution is 7.89. The van der Waals surface area contributed by atoms with Crippen molar-refractivity contribution in [2.45, 2.75) is 31.1 Å². The van der Waals surface area contributed by atoms with Crippen LogP contribution in [0.1, 0.15) is 35.2 Å². The smallest absolute Gasteiger partial charge is 0.251 e. The number of carbonyl (C=O) groups is 1. The van der Waals surface area contributed by atoms with Crippen LogP contribution in [0.4, 0.5) is 0 Å². The van der Waals surface area contributed by atoms with Crippen molar-refractivity contribution >= 4 is 15.7 Å². The van der Waals surface area contributed by atoms with Crippen LogP contribution in [0.2, 0.25) is 0 Å². The number of amides is 1. The van der Waals surface area contributed by atoms with E-state index in [1.807, 2.05) is 0 Å². The van der Waals surface area contributed by atoms with E-state index in [0.717, 1.165) is 25.9 Å². The molecule has 1 aliphatic rings. The van der Waals surface area contributed by atoms with Crippen molar-refractivity contribution in [3.63, 3.8) is 0 Å². The van der Waals surface area contributed by atoms with Gasteiger partial charge in [0.15, 0.2) is 9.84 Å². The molecule has 1 aromatic rings. The molecule has 21 heavy (non-hydrogen) atoms. The number of sulfone groups is 1. The van der Waals surface area contributed by atoms with Crippen molar-refractivity contribution < 1.29 is 17.9 Å². The summed E-state index contributed by atoms with van der Waals surface area (Å²) in [4.78, 5) is 12.2. The van der Waals surface area contributed by atoms with Crippen molar-refractivity contribution in [1.29, 1.82) is 0 Å². The molecule has 6 heteroatoms. The normalized spacial score (nSPS) is 19.8. The average Bonchev–Trinajstić information content (AvgIpc) is 2.66. The number of ether oxygens (including phenoxy) is 1. The predicted octanol–water partition coefficient (Wildman–Crippen LogP) is 1.53. The van der Waals surface area contributed by atoms with Crippen molar-refractivity contribution in [3.8, 4) is 0 Å². The van der Waals surface area contributed by atoms with Gasteiger partial charge in [-0.05, 0) is 37.0 Å². The highest BCUT2D eigenvalue weighted by Crippen LogP contribution is 2.11. The Morgan fingerprint density at radius 3 is 2.62 bits per heavy atom. The lowest BCUT2D eigenvalue weighted by Gasteiger charge is -2.15. The van der Waals surface area contributed by atoms with Crippen molar-refractivity contribution in [2.24, 2.45) is 0 Å². The van der Waals surface area contributed by atoms with Gasteiger partial charge >= 0.3 is 0 Å². The Morgan fingerprint density at radius 1 is 1.24 bits per heavy atom. The van der Waals surface area contributed by atoms with E-state index in [2.05, 4.69) is 5.32 Å². The van der Waals surface area contributed by atoms with Gasteiger partial charge in [-0.1, -0.05) is 12.1 Å². The minimum Gasteiger partial charge on any atom is -0.381 e. The Bertz CT molecular complexity index is 572. The Balaban J connectivity index is 1.96. The molecule has 2 rings (SSSR count). The van der Waals surface area contributed by atoms with E-state index in [4.69, 9.17) is 4.74 Å². The number of rotatable bonds is 4. The van der Waals surface area contributed by atoms with Crippen LogP contribution in [0.25, 0.3) is 0 Å². The summed E-state index contributed by atoms with van der Waals surface area (Å²) >= 11 is 0. The molecule has 1 unspecified atom stereocenters. The number of hydrogen-bond acceptors (Lipinski definition) is 4. The van der Waals surface area contributed by atoms with E-state index in [9.17, 15) is 13.2 Å². The lowest BCUT2D eigenvalue weighted by molar-refractivity contribution is 0.0929. The zero-order valence-electron chi connectivity index (χ0n) is 12.2. The zero-order valence-corrected chi connectivity index (χ0v) is 13.0. The molecule has 0 aliphatic carbocycles. The summed E-state index contributed by atoms with van der Waals surface area (Å²) in [5.74, 6) is -0.123. The van der Waals surface area contributed by atoms with E-state index in [0.29, 0.717) is 17.7 Å². The molecule has 1 amide bonds. The van der Waals surface area contributed by atoms with Gasteiger partial charge in [0.1, 0.15) is 0 Å². The second kappa shape index (κ2) is 7.04. The predicted molar refractivity (Wildman–Crippen MR) is 80.9 cm³/mol. The van der Waals surface area contributed by atoms with Crippen LogP contribution in [0, 0.1) is 0 Å². The molecule has 5 nitrogen and oxygen atoms in total. The number of hydrogen-bond donors (Lipinski definition) is 1. The van der Waals surface area contributed by atoms with Gasteiger partial charge in [-0.2, -0.15) is 0 Å². The maximum Gasteiger partial charge on any atom is 0.251 e. The molecule has 1 aliphatic heterocycles. The van der Waals surface area contributed by atoms with Crippen LogP contribution in [0.3, 0.4) is 0 Å². The molecule has 1 heterocycles. The summed E-state index contributed by atoms with van der Waals surface area (Å²) in [5, 5.41) is 3.01. The highest BCUT2D eigenvalue weighted by Gasteiger charge is 2.16. The summed E-state index contributed by atoms with van der Waals surface area (Å²) in [6.45, 7) is 1.44. The second-order valence-corrected chi connectivity index (χ2v) is 7.62. The Kier molecular flexibility index (Phi) is 5.36. The second-order valence-electron chi connectivity index (χ2n) is 5.48. The minimum absolute atomic E-state index is 0.00510. The highest BCUT2D eigenvalue weighted by atomic mass is 32.2. The van der Waals surface area contributed by atoms with E-state index in [-0.39, 0.29) is 17.7 Å². The summed E-state index contributed by atoms with van der Waals surface area (Å²) in [5.41, 5.74) is 1.24. The van der Waals surface area contributed by atoms with Gasteiger partial charge in [-0.3, -0.25) is 4.79 Å². The molecule has 0 spiro atoms. The average molecular weight is 311 g/mol. The van der Waals surface area contributed by atoms with E-state index >= 15 is 0 Å².